The number of piperidine rings is 1. The largest absolute Gasteiger partial charge is 0.366 e. The molecule has 1 aromatic carbocycles. The topological polar surface area (TPSA) is 82.7 Å². The number of aliphatic imine (C=N–C) groups is 1. The first-order valence-corrected chi connectivity index (χ1v) is 8.59. The Hall–Kier alpha value is -2.08. The number of nitrogens with zero attached hydrogens (tertiary/aromatic N) is 2. The van der Waals surface area contributed by atoms with E-state index in [2.05, 4.69) is 34.4 Å². The van der Waals surface area contributed by atoms with Gasteiger partial charge in [-0.1, -0.05) is 12.1 Å². The Labute approximate surface area is 144 Å². The van der Waals surface area contributed by atoms with Gasteiger partial charge >= 0.3 is 0 Å². The molecule has 4 N–H and O–H groups in total. The van der Waals surface area contributed by atoms with E-state index in [9.17, 15) is 4.79 Å². The lowest BCUT2D eigenvalue weighted by Crippen LogP contribution is -2.49. The molecule has 0 bridgehead atoms. The standard InChI is InChI=1S/C18H29N5O/c1-13(2)23-10-8-16(9-11-23)22-18(20-3)21-12-14-4-6-15(7-5-14)17(19)24/h4-7,13,16H,8-12H2,1-3H3,(H2,19,24)(H2,20,21,22). The lowest BCUT2D eigenvalue weighted by molar-refractivity contribution is 0.100. The van der Waals surface area contributed by atoms with E-state index in [4.69, 9.17) is 5.73 Å². The van der Waals surface area contributed by atoms with Gasteiger partial charge in [0.2, 0.25) is 5.91 Å². The fraction of sp³-hybridized carbons (Fsp3) is 0.556. The van der Waals surface area contributed by atoms with Crippen molar-refractivity contribution in [3.8, 4) is 0 Å². The molecule has 6 heteroatoms. The van der Waals surface area contributed by atoms with Gasteiger partial charge in [0, 0.05) is 44.3 Å². The molecule has 6 nitrogen and oxygen atoms in total. The number of amides is 1. The zero-order chi connectivity index (χ0) is 17.5. The van der Waals surface area contributed by atoms with Crippen LogP contribution in [0.1, 0.15) is 42.6 Å². The van der Waals surface area contributed by atoms with Gasteiger partial charge in [-0.05, 0) is 44.4 Å². The monoisotopic (exact) mass is 331 g/mol. The van der Waals surface area contributed by atoms with Gasteiger partial charge in [0.05, 0.1) is 0 Å². The summed E-state index contributed by atoms with van der Waals surface area (Å²) in [6, 6.07) is 8.38. The Morgan fingerprint density at radius 1 is 1.29 bits per heavy atom. The summed E-state index contributed by atoms with van der Waals surface area (Å²) in [5.74, 6) is 0.414. The van der Waals surface area contributed by atoms with E-state index in [1.165, 1.54) is 0 Å². The number of carbonyl (C=O) groups is 1. The van der Waals surface area contributed by atoms with Crippen LogP contribution in [-0.4, -0.2) is 49.0 Å². The molecule has 1 aliphatic rings. The van der Waals surface area contributed by atoms with E-state index in [0.29, 0.717) is 24.2 Å². The van der Waals surface area contributed by atoms with Crippen molar-refractivity contribution >= 4 is 11.9 Å². The van der Waals surface area contributed by atoms with E-state index < -0.39 is 5.91 Å². The summed E-state index contributed by atoms with van der Waals surface area (Å²) in [5, 5.41) is 6.83. The third kappa shape index (κ3) is 5.23. The maximum absolute atomic E-state index is 11.1. The minimum absolute atomic E-state index is 0.403. The van der Waals surface area contributed by atoms with Crippen molar-refractivity contribution in [1.29, 1.82) is 0 Å². The van der Waals surface area contributed by atoms with Gasteiger partial charge in [0.1, 0.15) is 0 Å². The van der Waals surface area contributed by atoms with E-state index in [-0.39, 0.29) is 0 Å². The highest BCUT2D eigenvalue weighted by atomic mass is 16.1. The highest BCUT2D eigenvalue weighted by Crippen LogP contribution is 2.12. The third-order valence-electron chi connectivity index (χ3n) is 4.52. The first-order valence-electron chi connectivity index (χ1n) is 8.59. The quantitative estimate of drug-likeness (QED) is 0.561. The molecule has 0 unspecified atom stereocenters. The van der Waals surface area contributed by atoms with Crippen LogP contribution in [0.5, 0.6) is 0 Å². The second kappa shape index (κ2) is 8.68. The average molecular weight is 331 g/mol. The fourth-order valence-corrected chi connectivity index (χ4v) is 2.92. The zero-order valence-corrected chi connectivity index (χ0v) is 14.9. The number of primary amides is 1. The highest BCUT2D eigenvalue weighted by molar-refractivity contribution is 5.92. The molecule has 1 heterocycles. The molecule has 1 saturated heterocycles. The minimum atomic E-state index is -0.403. The molecular weight excluding hydrogens is 302 g/mol. The summed E-state index contributed by atoms with van der Waals surface area (Å²) < 4.78 is 0. The van der Waals surface area contributed by atoms with E-state index in [0.717, 1.165) is 37.5 Å². The lowest BCUT2D eigenvalue weighted by Gasteiger charge is -2.35. The highest BCUT2D eigenvalue weighted by Gasteiger charge is 2.21. The second-order valence-corrected chi connectivity index (χ2v) is 6.54. The van der Waals surface area contributed by atoms with Crippen LogP contribution < -0.4 is 16.4 Å². The molecule has 0 aromatic heterocycles. The number of rotatable bonds is 5. The number of likely N-dealkylation sites (tertiary alicyclic amines) is 1. The van der Waals surface area contributed by atoms with Crippen molar-refractivity contribution in [2.45, 2.75) is 45.3 Å². The molecule has 1 amide bonds. The van der Waals surface area contributed by atoms with Crippen LogP contribution >= 0.6 is 0 Å². The number of guanidine groups is 1. The SMILES string of the molecule is CN=C(NCc1ccc(C(N)=O)cc1)NC1CCN(C(C)C)CC1. The van der Waals surface area contributed by atoms with Gasteiger partial charge in [0.15, 0.2) is 5.96 Å². The van der Waals surface area contributed by atoms with Gasteiger partial charge in [-0.15, -0.1) is 0 Å². The summed E-state index contributed by atoms with van der Waals surface area (Å²) in [6.07, 6.45) is 2.26. The van der Waals surface area contributed by atoms with E-state index >= 15 is 0 Å². The fourth-order valence-electron chi connectivity index (χ4n) is 2.92. The first kappa shape index (κ1) is 18.3. The Kier molecular flexibility index (Phi) is 6.61. The average Bonchev–Trinajstić information content (AvgIpc) is 2.59. The first-order chi connectivity index (χ1) is 11.5. The van der Waals surface area contributed by atoms with Crippen LogP contribution in [0.15, 0.2) is 29.3 Å². The summed E-state index contributed by atoms with van der Waals surface area (Å²) in [5.41, 5.74) is 6.86. The zero-order valence-electron chi connectivity index (χ0n) is 14.9. The summed E-state index contributed by atoms with van der Waals surface area (Å²) >= 11 is 0. The van der Waals surface area contributed by atoms with Crippen LogP contribution in [0.4, 0.5) is 0 Å². The molecule has 0 aliphatic carbocycles. The van der Waals surface area contributed by atoms with Gasteiger partial charge in [0.25, 0.3) is 0 Å². The molecule has 0 saturated carbocycles. The van der Waals surface area contributed by atoms with Crippen LogP contribution in [0.3, 0.4) is 0 Å². The Morgan fingerprint density at radius 2 is 1.92 bits per heavy atom. The van der Waals surface area contributed by atoms with E-state index in [1.54, 1.807) is 19.2 Å². The number of hydrogen-bond donors (Lipinski definition) is 3. The van der Waals surface area contributed by atoms with Crippen LogP contribution in [0, 0.1) is 0 Å². The number of nitrogens with one attached hydrogen (secondary N) is 2. The predicted octanol–water partition coefficient (Wildman–Crippen LogP) is 1.32. The predicted molar refractivity (Wildman–Crippen MR) is 98.0 cm³/mol. The van der Waals surface area contributed by atoms with Crippen molar-refractivity contribution in [3.05, 3.63) is 35.4 Å². The number of benzene rings is 1. The Morgan fingerprint density at radius 3 is 2.42 bits per heavy atom. The normalized spacial score (nSPS) is 17.1. The maximum atomic E-state index is 11.1. The molecule has 132 valence electrons. The second-order valence-electron chi connectivity index (χ2n) is 6.54. The molecule has 0 radical (unpaired) electrons. The summed E-state index contributed by atoms with van der Waals surface area (Å²) in [4.78, 5) is 17.9. The van der Waals surface area contributed by atoms with Crippen LogP contribution in [0.25, 0.3) is 0 Å². The Bertz CT molecular complexity index is 559. The smallest absolute Gasteiger partial charge is 0.248 e. The maximum Gasteiger partial charge on any atom is 0.248 e. The van der Waals surface area contributed by atoms with Crippen molar-refractivity contribution < 1.29 is 4.79 Å². The number of nitrogens with two attached hydrogens (primary N) is 1. The lowest BCUT2D eigenvalue weighted by atomic mass is 10.0. The summed E-state index contributed by atoms with van der Waals surface area (Å²) in [6.45, 7) is 7.40. The van der Waals surface area contributed by atoms with Crippen LogP contribution in [0.2, 0.25) is 0 Å². The van der Waals surface area contributed by atoms with Crippen LogP contribution in [-0.2, 0) is 6.54 Å². The summed E-state index contributed by atoms with van der Waals surface area (Å²) in [7, 11) is 1.79. The molecule has 1 fully saturated rings. The molecule has 1 aliphatic heterocycles. The molecular formula is C18H29N5O. The van der Waals surface area contributed by atoms with Gasteiger partial charge in [-0.3, -0.25) is 9.79 Å². The molecule has 0 atom stereocenters. The molecule has 2 rings (SSSR count). The van der Waals surface area contributed by atoms with Gasteiger partial charge in [-0.25, -0.2) is 0 Å². The minimum Gasteiger partial charge on any atom is -0.366 e. The molecule has 0 spiro atoms. The van der Waals surface area contributed by atoms with Crippen molar-refractivity contribution in [2.24, 2.45) is 10.7 Å². The number of carbonyl (C=O) groups excluding carboxylic acids is 1. The van der Waals surface area contributed by atoms with Gasteiger partial charge in [-0.2, -0.15) is 0 Å². The van der Waals surface area contributed by atoms with Gasteiger partial charge < -0.3 is 21.3 Å². The molecule has 24 heavy (non-hydrogen) atoms. The Balaban J connectivity index is 1.79. The third-order valence-corrected chi connectivity index (χ3v) is 4.52. The number of hydrogen-bond acceptors (Lipinski definition) is 3. The molecule has 1 aromatic rings. The van der Waals surface area contributed by atoms with Crippen molar-refractivity contribution in [2.75, 3.05) is 20.1 Å². The van der Waals surface area contributed by atoms with E-state index in [1.807, 2.05) is 12.1 Å². The van der Waals surface area contributed by atoms with Crippen molar-refractivity contribution in [1.82, 2.24) is 15.5 Å². The van der Waals surface area contributed by atoms with Crippen molar-refractivity contribution in [3.63, 3.8) is 0 Å².